The molecule has 0 aromatic heterocycles. The van der Waals surface area contributed by atoms with Gasteiger partial charge in [0.05, 0.1) is 19.8 Å². The van der Waals surface area contributed by atoms with Crippen molar-refractivity contribution in [3.63, 3.8) is 0 Å². The molecule has 0 aliphatic rings. The lowest BCUT2D eigenvalue weighted by molar-refractivity contribution is -0.0954. The highest BCUT2D eigenvalue weighted by atomic mass is 16.5. The summed E-state index contributed by atoms with van der Waals surface area (Å²) in [4.78, 5) is 0. The summed E-state index contributed by atoms with van der Waals surface area (Å²) in [6.45, 7) is 31.4. The molecule has 0 N–H and O–H groups in total. The standard InChI is InChI=1S/C39H58O3.C2H6/c1-28(2)38(8,9)35(42-24-23-41-33-22-17-29-15-13-14-16-31(29)25-33)27-37(6,7)39(10,11)34(26-36(3,4)5)30-18-20-32(40-12)21-19-30;1-2/h13-22,25,28,34-35H,23-24,26-27H2,1-12H3;1-2H3. The fourth-order valence-corrected chi connectivity index (χ4v) is 5.95. The average molecular weight is 605 g/mol. The molecule has 0 heterocycles. The van der Waals surface area contributed by atoms with E-state index >= 15 is 0 Å². The number of benzene rings is 3. The molecule has 3 aromatic carbocycles. The monoisotopic (exact) mass is 604 g/mol. The Labute approximate surface area is 271 Å². The van der Waals surface area contributed by atoms with Crippen LogP contribution in [0.4, 0.5) is 0 Å². The molecule has 0 radical (unpaired) electrons. The van der Waals surface area contributed by atoms with Crippen molar-refractivity contribution in [3.8, 4) is 11.5 Å². The maximum atomic E-state index is 6.78. The zero-order chi connectivity index (χ0) is 33.3. The van der Waals surface area contributed by atoms with Gasteiger partial charge >= 0.3 is 0 Å². The van der Waals surface area contributed by atoms with Gasteiger partial charge in [-0.3, -0.25) is 0 Å². The molecule has 0 spiro atoms. The summed E-state index contributed by atoms with van der Waals surface area (Å²) in [5, 5.41) is 2.42. The molecule has 3 heteroatoms. The highest BCUT2D eigenvalue weighted by Gasteiger charge is 2.48. The smallest absolute Gasteiger partial charge is 0.120 e. The van der Waals surface area contributed by atoms with E-state index in [2.05, 4.69) is 143 Å². The van der Waals surface area contributed by atoms with Crippen LogP contribution in [0.2, 0.25) is 0 Å². The minimum atomic E-state index is -0.00112. The number of ether oxygens (including phenoxy) is 3. The van der Waals surface area contributed by atoms with Gasteiger partial charge in [0.15, 0.2) is 0 Å². The Hall–Kier alpha value is -2.52. The summed E-state index contributed by atoms with van der Waals surface area (Å²) in [5.74, 6) is 2.67. The van der Waals surface area contributed by atoms with E-state index in [0.29, 0.717) is 25.0 Å². The Balaban J connectivity index is 0.00000330. The number of hydrogen-bond donors (Lipinski definition) is 0. The predicted molar refractivity (Wildman–Crippen MR) is 191 cm³/mol. The van der Waals surface area contributed by atoms with Gasteiger partial charge in [0.2, 0.25) is 0 Å². The van der Waals surface area contributed by atoms with Crippen LogP contribution in [0.5, 0.6) is 11.5 Å². The second-order valence-electron chi connectivity index (χ2n) is 15.6. The maximum absolute atomic E-state index is 6.78. The van der Waals surface area contributed by atoms with E-state index < -0.39 is 0 Å². The topological polar surface area (TPSA) is 27.7 Å². The molecule has 44 heavy (non-hydrogen) atoms. The Bertz CT molecular complexity index is 1260. The second kappa shape index (κ2) is 15.7. The van der Waals surface area contributed by atoms with Crippen molar-refractivity contribution in [1.82, 2.24) is 0 Å². The first-order valence-corrected chi connectivity index (χ1v) is 16.8. The van der Waals surface area contributed by atoms with Gasteiger partial charge in [0, 0.05) is 0 Å². The second-order valence-corrected chi connectivity index (χ2v) is 15.6. The van der Waals surface area contributed by atoms with E-state index in [-0.39, 0.29) is 27.8 Å². The van der Waals surface area contributed by atoms with Crippen molar-refractivity contribution in [2.45, 2.75) is 115 Å². The molecular formula is C41H64O3. The molecule has 0 bridgehead atoms. The number of fused-ring (bicyclic) bond motifs is 1. The molecular weight excluding hydrogens is 540 g/mol. The van der Waals surface area contributed by atoms with Crippen LogP contribution in [0, 0.1) is 27.6 Å². The van der Waals surface area contributed by atoms with E-state index in [4.69, 9.17) is 14.2 Å². The highest BCUT2D eigenvalue weighted by molar-refractivity contribution is 5.83. The Kier molecular flexibility index (Phi) is 13.4. The van der Waals surface area contributed by atoms with Gasteiger partial charge in [0.25, 0.3) is 0 Å². The Morgan fingerprint density at radius 2 is 1.23 bits per heavy atom. The summed E-state index contributed by atoms with van der Waals surface area (Å²) in [5.41, 5.74) is 1.60. The molecule has 2 unspecified atom stereocenters. The first-order valence-electron chi connectivity index (χ1n) is 16.8. The van der Waals surface area contributed by atoms with Crippen LogP contribution in [-0.4, -0.2) is 26.4 Å². The van der Waals surface area contributed by atoms with Crippen LogP contribution in [0.3, 0.4) is 0 Å². The molecule has 3 nitrogen and oxygen atoms in total. The van der Waals surface area contributed by atoms with Crippen LogP contribution in [0.1, 0.15) is 114 Å². The van der Waals surface area contributed by atoms with Gasteiger partial charge < -0.3 is 14.2 Å². The van der Waals surface area contributed by atoms with Crippen molar-refractivity contribution in [2.75, 3.05) is 20.3 Å². The van der Waals surface area contributed by atoms with Gasteiger partial charge in [-0.2, -0.15) is 0 Å². The van der Waals surface area contributed by atoms with E-state index in [1.165, 1.54) is 16.3 Å². The molecule has 0 fully saturated rings. The largest absolute Gasteiger partial charge is 0.497 e. The lowest BCUT2D eigenvalue weighted by Gasteiger charge is -2.52. The van der Waals surface area contributed by atoms with E-state index in [9.17, 15) is 0 Å². The summed E-state index contributed by atoms with van der Waals surface area (Å²) < 4.78 is 18.4. The SMILES string of the molecule is CC.COc1ccc(C(CC(C)(C)C)C(C)(C)C(C)(C)CC(OCCOc2ccc3ccccc3c2)C(C)(C)C(C)C)cc1. The van der Waals surface area contributed by atoms with Crippen molar-refractivity contribution in [1.29, 1.82) is 0 Å². The molecule has 0 amide bonds. The maximum Gasteiger partial charge on any atom is 0.120 e. The van der Waals surface area contributed by atoms with Crippen LogP contribution < -0.4 is 9.47 Å². The molecule has 3 aromatic rings. The zero-order valence-electron chi connectivity index (χ0n) is 30.6. The first kappa shape index (κ1) is 37.7. The normalized spacial score (nSPS) is 14.2. The summed E-state index contributed by atoms with van der Waals surface area (Å²) in [6, 6.07) is 23.4. The molecule has 2 atom stereocenters. The fourth-order valence-electron chi connectivity index (χ4n) is 5.95. The molecule has 3 rings (SSSR count). The van der Waals surface area contributed by atoms with Crippen LogP contribution in [0.25, 0.3) is 10.8 Å². The lowest BCUT2D eigenvalue weighted by atomic mass is 9.54. The summed E-state index contributed by atoms with van der Waals surface area (Å²) in [7, 11) is 1.73. The third kappa shape index (κ3) is 9.74. The summed E-state index contributed by atoms with van der Waals surface area (Å²) >= 11 is 0. The quantitative estimate of drug-likeness (QED) is 0.171. The van der Waals surface area contributed by atoms with Gasteiger partial charge in [0.1, 0.15) is 18.1 Å². The van der Waals surface area contributed by atoms with Crippen molar-refractivity contribution in [2.24, 2.45) is 27.6 Å². The van der Waals surface area contributed by atoms with Crippen LogP contribution >= 0.6 is 0 Å². The van der Waals surface area contributed by atoms with Crippen molar-refractivity contribution in [3.05, 3.63) is 72.3 Å². The minimum Gasteiger partial charge on any atom is -0.497 e. The average Bonchev–Trinajstić information content (AvgIpc) is 2.97. The number of rotatable bonds is 14. The van der Waals surface area contributed by atoms with Gasteiger partial charge in [-0.15, -0.1) is 0 Å². The summed E-state index contributed by atoms with van der Waals surface area (Å²) in [6.07, 6.45) is 2.17. The molecule has 0 aliphatic heterocycles. The van der Waals surface area contributed by atoms with Crippen LogP contribution in [-0.2, 0) is 4.74 Å². The number of methoxy groups -OCH3 is 1. The highest BCUT2D eigenvalue weighted by Crippen LogP contribution is 2.56. The molecule has 246 valence electrons. The molecule has 0 aliphatic carbocycles. The van der Waals surface area contributed by atoms with Crippen molar-refractivity contribution < 1.29 is 14.2 Å². The van der Waals surface area contributed by atoms with Gasteiger partial charge in [-0.05, 0) is 86.9 Å². The van der Waals surface area contributed by atoms with Gasteiger partial charge in [-0.1, -0.05) is 132 Å². The predicted octanol–water partition coefficient (Wildman–Crippen LogP) is 12.0. The van der Waals surface area contributed by atoms with E-state index in [1.807, 2.05) is 13.8 Å². The zero-order valence-corrected chi connectivity index (χ0v) is 30.6. The van der Waals surface area contributed by atoms with Crippen molar-refractivity contribution >= 4 is 10.8 Å². The van der Waals surface area contributed by atoms with E-state index in [0.717, 1.165) is 24.3 Å². The van der Waals surface area contributed by atoms with Crippen LogP contribution in [0.15, 0.2) is 66.7 Å². The third-order valence-electron chi connectivity index (χ3n) is 10.4. The molecule has 0 saturated heterocycles. The minimum absolute atomic E-state index is 0.00112. The number of hydrogen-bond acceptors (Lipinski definition) is 3. The van der Waals surface area contributed by atoms with E-state index in [1.54, 1.807) is 7.11 Å². The lowest BCUT2D eigenvalue weighted by Crippen LogP contribution is -2.46. The fraction of sp³-hybridized carbons (Fsp3) is 0.610. The molecule has 0 saturated carbocycles. The Morgan fingerprint density at radius 1 is 0.659 bits per heavy atom. The Morgan fingerprint density at radius 3 is 1.77 bits per heavy atom. The third-order valence-corrected chi connectivity index (χ3v) is 10.4. The first-order chi connectivity index (χ1) is 20.5. The van der Waals surface area contributed by atoms with Gasteiger partial charge in [-0.25, -0.2) is 0 Å².